The Kier molecular flexibility index (Phi) is 8.77. The molecule has 1 aliphatic carbocycles. The minimum absolute atomic E-state index is 0. The molecule has 0 unspecified atom stereocenters. The van der Waals surface area contributed by atoms with Crippen molar-refractivity contribution in [3.63, 3.8) is 0 Å². The predicted molar refractivity (Wildman–Crippen MR) is 131 cm³/mol. The van der Waals surface area contributed by atoms with Crippen molar-refractivity contribution in [3.05, 3.63) is 36.3 Å². The molecule has 0 bridgehead atoms. The summed E-state index contributed by atoms with van der Waals surface area (Å²) in [4.78, 5) is 40.3. The van der Waals surface area contributed by atoms with Gasteiger partial charge in [-0.25, -0.2) is 14.5 Å². The van der Waals surface area contributed by atoms with E-state index < -0.39 is 17.5 Å². The van der Waals surface area contributed by atoms with Gasteiger partial charge in [0.1, 0.15) is 18.5 Å². The number of nitrogens with zero attached hydrogens (tertiary/aromatic N) is 5. The Morgan fingerprint density at radius 2 is 1.89 bits per heavy atom. The molecule has 2 heterocycles. The molecule has 196 valence electrons. The van der Waals surface area contributed by atoms with Crippen LogP contribution in [0.15, 0.2) is 30.6 Å². The summed E-state index contributed by atoms with van der Waals surface area (Å²) in [6.45, 7) is 5.21. The van der Waals surface area contributed by atoms with E-state index in [1.165, 1.54) is 24.2 Å². The van der Waals surface area contributed by atoms with Crippen LogP contribution < -0.4 is 15.4 Å². The fourth-order valence-electron chi connectivity index (χ4n) is 3.46. The van der Waals surface area contributed by atoms with Crippen molar-refractivity contribution in [1.29, 1.82) is 0 Å². The van der Waals surface area contributed by atoms with Gasteiger partial charge in [-0.1, -0.05) is 6.07 Å². The van der Waals surface area contributed by atoms with Gasteiger partial charge < -0.3 is 25.2 Å². The second-order valence-electron chi connectivity index (χ2n) is 9.42. The minimum atomic E-state index is -1.30. The van der Waals surface area contributed by atoms with Gasteiger partial charge in [0.2, 0.25) is 5.91 Å². The van der Waals surface area contributed by atoms with Crippen LogP contribution in [0, 0.1) is 5.92 Å². The molecule has 2 aromatic heterocycles. The summed E-state index contributed by atoms with van der Waals surface area (Å²) < 4.78 is 12.3. The number of methoxy groups -OCH3 is 1. The third-order valence-electron chi connectivity index (χ3n) is 5.17. The van der Waals surface area contributed by atoms with Crippen LogP contribution in [0.1, 0.15) is 44.1 Å². The van der Waals surface area contributed by atoms with Gasteiger partial charge in [0.15, 0.2) is 23.1 Å². The predicted octanol–water partition coefficient (Wildman–Crippen LogP) is 2.87. The molecule has 1 aromatic carbocycles. The maximum atomic E-state index is 12.1. The number of para-hydroxylation sites is 1. The van der Waals surface area contributed by atoms with Gasteiger partial charge in [0.05, 0.1) is 24.0 Å². The number of carbonyl (C=O) groups is 3. The number of amides is 1. The van der Waals surface area contributed by atoms with Crippen molar-refractivity contribution in [1.82, 2.24) is 25.0 Å². The molecule has 3 aromatic rings. The fourth-order valence-corrected chi connectivity index (χ4v) is 3.46. The maximum absolute atomic E-state index is 12.1. The Morgan fingerprint density at radius 1 is 1.16 bits per heavy atom. The third kappa shape index (κ3) is 7.09. The standard InChI is InChI=1S/C24H27N7O6.Zn/c1-24(2,3)37-18(32)11-31-12-25-21(30-31)14-6-5-7-15(20(14)36-4)26-16-10-17(27-22(33)13-8-9-13)28-29-19(16)23(34)35;/h5-7,10,12-13H,8-9,11H2,1-4H3,(H,34,35)(H2,26,27,28,33);. The van der Waals surface area contributed by atoms with Crippen molar-refractivity contribution in [2.75, 3.05) is 17.7 Å². The van der Waals surface area contributed by atoms with Crippen molar-refractivity contribution in [2.45, 2.75) is 45.8 Å². The summed E-state index contributed by atoms with van der Waals surface area (Å²) in [5.41, 5.74) is 0.0418. The van der Waals surface area contributed by atoms with Crippen LogP contribution in [0.4, 0.5) is 17.2 Å². The smallest absolute Gasteiger partial charge is 0.358 e. The summed E-state index contributed by atoms with van der Waals surface area (Å²) in [7, 11) is 1.45. The Labute approximate surface area is 231 Å². The average molecular weight is 575 g/mol. The quantitative estimate of drug-likeness (QED) is 0.253. The number of carboxylic acid groups (broad SMARTS) is 1. The molecule has 14 heteroatoms. The molecule has 1 saturated carbocycles. The van der Waals surface area contributed by atoms with E-state index in [1.54, 1.807) is 39.0 Å². The van der Waals surface area contributed by atoms with E-state index in [9.17, 15) is 19.5 Å². The van der Waals surface area contributed by atoms with E-state index in [0.29, 0.717) is 17.0 Å². The second kappa shape index (κ2) is 11.6. The van der Waals surface area contributed by atoms with Crippen LogP contribution in [0.2, 0.25) is 0 Å². The first kappa shape index (κ1) is 28.6. The molecule has 1 fully saturated rings. The SMILES string of the molecule is COc1c(Nc2cc(NC(=O)C3CC3)nnc2C(=O)O)cccc1-c1ncn(CC(=O)OC(C)(C)C)n1.[Zn]. The fraction of sp³-hybridized carbons (Fsp3) is 0.375. The molecule has 0 aliphatic heterocycles. The van der Waals surface area contributed by atoms with Gasteiger partial charge in [0, 0.05) is 31.5 Å². The number of ether oxygens (including phenoxy) is 2. The van der Waals surface area contributed by atoms with Gasteiger partial charge in [-0.05, 0) is 45.7 Å². The molecule has 0 atom stereocenters. The number of rotatable bonds is 9. The molecule has 0 spiro atoms. The van der Waals surface area contributed by atoms with Crippen LogP contribution in [0.3, 0.4) is 0 Å². The maximum Gasteiger partial charge on any atom is 0.358 e. The van der Waals surface area contributed by atoms with Crippen LogP contribution in [0.25, 0.3) is 11.4 Å². The van der Waals surface area contributed by atoms with Gasteiger partial charge in [-0.3, -0.25) is 9.59 Å². The van der Waals surface area contributed by atoms with Gasteiger partial charge in [0.25, 0.3) is 0 Å². The summed E-state index contributed by atoms with van der Waals surface area (Å²) in [6, 6.07) is 6.51. The molecule has 0 saturated heterocycles. The number of carbonyl (C=O) groups excluding carboxylic acids is 2. The van der Waals surface area contributed by atoms with Gasteiger partial charge in [-0.2, -0.15) is 5.10 Å². The summed E-state index contributed by atoms with van der Waals surface area (Å²) in [6.07, 6.45) is 3.02. The second-order valence-corrected chi connectivity index (χ2v) is 9.42. The number of carboxylic acids is 1. The van der Waals surface area contributed by atoms with Crippen LogP contribution in [-0.4, -0.2) is 60.6 Å². The van der Waals surface area contributed by atoms with E-state index in [2.05, 4.69) is 30.9 Å². The normalized spacial score (nSPS) is 12.7. The number of esters is 1. The molecular weight excluding hydrogens is 548 g/mol. The zero-order valence-electron chi connectivity index (χ0n) is 21.5. The number of aromatic nitrogens is 5. The van der Waals surface area contributed by atoms with Crippen LogP contribution in [-0.2, 0) is 40.3 Å². The van der Waals surface area contributed by atoms with E-state index in [1.807, 2.05) is 0 Å². The number of hydrogen-bond acceptors (Lipinski definition) is 10. The summed E-state index contributed by atoms with van der Waals surface area (Å²) >= 11 is 0. The molecule has 0 radical (unpaired) electrons. The Hall–Kier alpha value is -3.93. The molecule has 3 N–H and O–H groups in total. The minimum Gasteiger partial charge on any atom is -0.494 e. The first-order valence-electron chi connectivity index (χ1n) is 11.5. The van der Waals surface area contributed by atoms with Crippen LogP contribution in [0.5, 0.6) is 5.75 Å². The van der Waals surface area contributed by atoms with E-state index in [4.69, 9.17) is 9.47 Å². The Bertz CT molecular complexity index is 1350. The largest absolute Gasteiger partial charge is 0.494 e. The topological polar surface area (TPSA) is 170 Å². The number of benzene rings is 1. The van der Waals surface area contributed by atoms with Crippen LogP contribution >= 0.6 is 0 Å². The van der Waals surface area contributed by atoms with Gasteiger partial charge in [-0.15, -0.1) is 10.2 Å². The van der Waals surface area contributed by atoms with E-state index in [-0.39, 0.29) is 60.9 Å². The van der Waals surface area contributed by atoms with Crippen molar-refractivity contribution in [3.8, 4) is 17.1 Å². The monoisotopic (exact) mass is 573 g/mol. The Balaban J connectivity index is 0.00000400. The molecule has 13 nitrogen and oxygen atoms in total. The number of anilines is 3. The molecule has 1 amide bonds. The van der Waals surface area contributed by atoms with Crippen molar-refractivity contribution >= 4 is 35.0 Å². The van der Waals surface area contributed by atoms with E-state index >= 15 is 0 Å². The number of nitrogens with one attached hydrogen (secondary N) is 2. The number of aromatic carboxylic acids is 1. The average Bonchev–Trinajstić information content (AvgIpc) is 3.57. The first-order chi connectivity index (χ1) is 17.5. The van der Waals surface area contributed by atoms with Gasteiger partial charge >= 0.3 is 11.9 Å². The van der Waals surface area contributed by atoms with E-state index in [0.717, 1.165) is 12.8 Å². The summed E-state index contributed by atoms with van der Waals surface area (Å²) in [5.74, 6) is -1.26. The molecule has 38 heavy (non-hydrogen) atoms. The Morgan fingerprint density at radius 3 is 2.53 bits per heavy atom. The molecule has 4 rings (SSSR count). The molecular formula is C24H27N7O6Zn. The first-order valence-corrected chi connectivity index (χ1v) is 11.5. The molecule has 1 aliphatic rings. The van der Waals surface area contributed by atoms with Crippen molar-refractivity contribution in [2.24, 2.45) is 5.92 Å². The summed E-state index contributed by atoms with van der Waals surface area (Å²) in [5, 5.41) is 27.2. The number of hydrogen-bond donors (Lipinski definition) is 3. The third-order valence-corrected chi connectivity index (χ3v) is 5.17. The zero-order chi connectivity index (χ0) is 26.7. The van der Waals surface area contributed by atoms with Crippen molar-refractivity contribution < 1.29 is 48.4 Å². The zero-order valence-corrected chi connectivity index (χ0v) is 24.5.